The molecule has 0 unspecified atom stereocenters. The van der Waals surface area contributed by atoms with Crippen molar-refractivity contribution in [3.8, 4) is 0 Å². The zero-order chi connectivity index (χ0) is 15.7. The van der Waals surface area contributed by atoms with Crippen LogP contribution in [0.5, 0.6) is 0 Å². The smallest absolute Gasteiger partial charge is 0.272 e. The van der Waals surface area contributed by atoms with Gasteiger partial charge < -0.3 is 10.3 Å². The minimum Gasteiger partial charge on any atom is -0.350 e. The molecule has 3 aromatic rings. The van der Waals surface area contributed by atoms with Crippen LogP contribution in [0.2, 0.25) is 0 Å². The van der Waals surface area contributed by atoms with E-state index in [1.165, 1.54) is 11.1 Å². The van der Waals surface area contributed by atoms with Crippen molar-refractivity contribution in [2.45, 2.75) is 27.2 Å². The van der Waals surface area contributed by atoms with Crippen LogP contribution in [-0.2, 0) is 6.42 Å². The van der Waals surface area contributed by atoms with Gasteiger partial charge in [0.25, 0.3) is 5.91 Å². The Bertz CT molecular complexity index is 829. The van der Waals surface area contributed by atoms with Crippen LogP contribution in [0.4, 0.5) is 5.69 Å². The molecule has 0 radical (unpaired) electrons. The Morgan fingerprint density at radius 3 is 2.50 bits per heavy atom. The predicted molar refractivity (Wildman–Crippen MR) is 91.5 cm³/mol. The Balaban J connectivity index is 1.89. The molecule has 22 heavy (non-hydrogen) atoms. The number of aromatic nitrogens is 1. The number of hydrogen-bond donors (Lipinski definition) is 2. The highest BCUT2D eigenvalue weighted by Gasteiger charge is 2.14. The van der Waals surface area contributed by atoms with Gasteiger partial charge in [-0.05, 0) is 55.7 Å². The molecule has 0 aliphatic rings. The second kappa shape index (κ2) is 5.68. The van der Waals surface area contributed by atoms with Crippen LogP contribution in [0.1, 0.15) is 34.1 Å². The number of hydrogen-bond acceptors (Lipinski definition) is 1. The third kappa shape index (κ3) is 2.62. The quantitative estimate of drug-likeness (QED) is 0.728. The molecule has 0 atom stereocenters. The Morgan fingerprint density at radius 1 is 1.09 bits per heavy atom. The van der Waals surface area contributed by atoms with Gasteiger partial charge in [-0.2, -0.15) is 0 Å². The van der Waals surface area contributed by atoms with E-state index in [0.717, 1.165) is 28.6 Å². The topological polar surface area (TPSA) is 44.9 Å². The summed E-state index contributed by atoms with van der Waals surface area (Å²) in [7, 11) is 0. The van der Waals surface area contributed by atoms with Crippen LogP contribution in [-0.4, -0.2) is 10.9 Å². The minimum atomic E-state index is -0.101. The van der Waals surface area contributed by atoms with Crippen LogP contribution >= 0.6 is 0 Å². The molecule has 112 valence electrons. The molecule has 2 N–H and O–H groups in total. The lowest BCUT2D eigenvalue weighted by Gasteiger charge is -2.05. The first-order valence-corrected chi connectivity index (χ1v) is 7.57. The van der Waals surface area contributed by atoms with Gasteiger partial charge in [-0.25, -0.2) is 0 Å². The summed E-state index contributed by atoms with van der Waals surface area (Å²) in [4.78, 5) is 15.7. The number of carbonyl (C=O) groups excluding carboxylic acids is 1. The van der Waals surface area contributed by atoms with E-state index in [1.54, 1.807) is 0 Å². The van der Waals surface area contributed by atoms with E-state index in [2.05, 4.69) is 30.2 Å². The number of aromatic amines is 1. The average molecular weight is 292 g/mol. The maximum absolute atomic E-state index is 12.5. The Morgan fingerprint density at radius 2 is 1.82 bits per heavy atom. The maximum Gasteiger partial charge on any atom is 0.272 e. The molecule has 0 spiro atoms. The van der Waals surface area contributed by atoms with Crippen molar-refractivity contribution in [2.75, 3.05) is 5.32 Å². The SMILES string of the molecule is CCc1ccc(NC(=O)c2[nH]c3ccc(C)cc3c2C)cc1. The number of benzene rings is 2. The number of nitrogens with one attached hydrogen (secondary N) is 2. The highest BCUT2D eigenvalue weighted by atomic mass is 16.1. The zero-order valence-electron chi connectivity index (χ0n) is 13.2. The van der Waals surface area contributed by atoms with Crippen molar-refractivity contribution in [1.29, 1.82) is 0 Å². The minimum absolute atomic E-state index is 0.101. The number of anilines is 1. The van der Waals surface area contributed by atoms with Crippen molar-refractivity contribution >= 4 is 22.5 Å². The highest BCUT2D eigenvalue weighted by molar-refractivity contribution is 6.07. The molecule has 0 saturated heterocycles. The first-order chi connectivity index (χ1) is 10.6. The first-order valence-electron chi connectivity index (χ1n) is 7.57. The molecule has 1 heterocycles. The molecule has 3 rings (SSSR count). The Kier molecular flexibility index (Phi) is 3.72. The number of rotatable bonds is 3. The summed E-state index contributed by atoms with van der Waals surface area (Å²) in [5, 5.41) is 4.06. The Labute approximate surface area is 130 Å². The number of fused-ring (bicyclic) bond motifs is 1. The van der Waals surface area contributed by atoms with E-state index in [0.29, 0.717) is 5.69 Å². The van der Waals surface area contributed by atoms with Gasteiger partial charge in [0.15, 0.2) is 0 Å². The van der Waals surface area contributed by atoms with Gasteiger partial charge in [0, 0.05) is 16.6 Å². The van der Waals surface area contributed by atoms with Gasteiger partial charge in [0.05, 0.1) is 0 Å². The van der Waals surface area contributed by atoms with Crippen molar-refractivity contribution in [3.63, 3.8) is 0 Å². The number of amides is 1. The third-order valence-electron chi connectivity index (χ3n) is 4.06. The summed E-state index contributed by atoms with van der Waals surface area (Å²) in [5.41, 5.74) is 5.87. The summed E-state index contributed by atoms with van der Waals surface area (Å²) >= 11 is 0. The van der Waals surface area contributed by atoms with Crippen molar-refractivity contribution < 1.29 is 4.79 Å². The van der Waals surface area contributed by atoms with E-state index in [1.807, 2.05) is 43.3 Å². The second-order valence-electron chi connectivity index (χ2n) is 5.68. The van der Waals surface area contributed by atoms with Crippen LogP contribution in [0.25, 0.3) is 10.9 Å². The molecule has 0 aliphatic heterocycles. The normalized spacial score (nSPS) is 10.9. The summed E-state index contributed by atoms with van der Waals surface area (Å²) in [5.74, 6) is -0.101. The van der Waals surface area contributed by atoms with Gasteiger partial charge in [-0.3, -0.25) is 4.79 Å². The van der Waals surface area contributed by atoms with Gasteiger partial charge in [-0.1, -0.05) is 30.7 Å². The fourth-order valence-corrected chi connectivity index (χ4v) is 2.68. The summed E-state index contributed by atoms with van der Waals surface area (Å²) < 4.78 is 0. The van der Waals surface area contributed by atoms with E-state index < -0.39 is 0 Å². The molecule has 0 bridgehead atoms. The molecule has 0 fully saturated rings. The zero-order valence-corrected chi connectivity index (χ0v) is 13.2. The molecule has 3 heteroatoms. The van der Waals surface area contributed by atoms with Crippen LogP contribution in [0.15, 0.2) is 42.5 Å². The van der Waals surface area contributed by atoms with E-state index >= 15 is 0 Å². The van der Waals surface area contributed by atoms with E-state index in [4.69, 9.17) is 0 Å². The molecule has 0 aliphatic carbocycles. The average Bonchev–Trinajstić information content (AvgIpc) is 2.85. The standard InChI is InChI=1S/C19H20N2O/c1-4-14-6-8-15(9-7-14)20-19(22)18-13(3)16-11-12(2)5-10-17(16)21-18/h5-11,21H,4H2,1-3H3,(H,20,22). The molecule has 0 saturated carbocycles. The molecule has 1 aromatic heterocycles. The van der Waals surface area contributed by atoms with Gasteiger partial charge in [0.2, 0.25) is 0 Å². The molecular formula is C19H20N2O. The predicted octanol–water partition coefficient (Wildman–Crippen LogP) is 4.60. The molecule has 3 nitrogen and oxygen atoms in total. The lowest BCUT2D eigenvalue weighted by atomic mass is 10.1. The fourth-order valence-electron chi connectivity index (χ4n) is 2.68. The maximum atomic E-state index is 12.5. The second-order valence-corrected chi connectivity index (χ2v) is 5.68. The third-order valence-corrected chi connectivity index (χ3v) is 4.06. The lowest BCUT2D eigenvalue weighted by molar-refractivity contribution is 0.102. The van der Waals surface area contributed by atoms with Crippen molar-refractivity contribution in [2.24, 2.45) is 0 Å². The highest BCUT2D eigenvalue weighted by Crippen LogP contribution is 2.23. The van der Waals surface area contributed by atoms with Crippen LogP contribution in [0, 0.1) is 13.8 Å². The summed E-state index contributed by atoms with van der Waals surface area (Å²) in [6.45, 7) is 6.15. The van der Waals surface area contributed by atoms with Gasteiger partial charge in [-0.15, -0.1) is 0 Å². The lowest BCUT2D eigenvalue weighted by Crippen LogP contribution is -2.13. The number of aryl methyl sites for hydroxylation is 3. The van der Waals surface area contributed by atoms with Crippen LogP contribution < -0.4 is 5.32 Å². The van der Waals surface area contributed by atoms with Crippen molar-refractivity contribution in [1.82, 2.24) is 4.98 Å². The molecule has 2 aromatic carbocycles. The largest absolute Gasteiger partial charge is 0.350 e. The monoisotopic (exact) mass is 292 g/mol. The van der Waals surface area contributed by atoms with Crippen molar-refractivity contribution in [3.05, 3.63) is 64.8 Å². The molecular weight excluding hydrogens is 272 g/mol. The first kappa shape index (κ1) is 14.4. The van der Waals surface area contributed by atoms with Gasteiger partial charge in [0.1, 0.15) is 5.69 Å². The summed E-state index contributed by atoms with van der Waals surface area (Å²) in [6.07, 6.45) is 0.995. The number of H-pyrrole nitrogens is 1. The van der Waals surface area contributed by atoms with E-state index in [-0.39, 0.29) is 5.91 Å². The van der Waals surface area contributed by atoms with Crippen LogP contribution in [0.3, 0.4) is 0 Å². The summed E-state index contributed by atoms with van der Waals surface area (Å²) in [6, 6.07) is 14.1. The van der Waals surface area contributed by atoms with Gasteiger partial charge >= 0.3 is 0 Å². The number of carbonyl (C=O) groups is 1. The van der Waals surface area contributed by atoms with E-state index in [9.17, 15) is 4.79 Å². The Hall–Kier alpha value is -2.55. The fraction of sp³-hybridized carbons (Fsp3) is 0.211. The molecule has 1 amide bonds.